The molecule has 0 saturated heterocycles. The lowest BCUT2D eigenvalue weighted by Crippen LogP contribution is -2.38. The normalized spacial score (nSPS) is 11.8. The zero-order valence-corrected chi connectivity index (χ0v) is 6.66. The number of hydrogen-bond acceptors (Lipinski definition) is 5. The van der Waals surface area contributed by atoms with Crippen LogP contribution in [0.1, 0.15) is 12.8 Å². The quantitative estimate of drug-likeness (QED) is 0.328. The van der Waals surface area contributed by atoms with Crippen LogP contribution in [0.5, 0.6) is 0 Å². The second kappa shape index (κ2) is 6.56. The van der Waals surface area contributed by atoms with Crippen LogP contribution in [0.4, 0.5) is 0 Å². The molecule has 0 aliphatic carbocycles. The minimum atomic E-state index is -0.684. The number of nitrogens with one attached hydrogen (secondary N) is 1. The number of carbonyl (C=O) groups excluding carboxylic acids is 2. The van der Waals surface area contributed by atoms with Crippen molar-refractivity contribution < 1.29 is 14.4 Å². The Bertz CT molecular complexity index is 151. The highest BCUT2D eigenvalue weighted by Gasteiger charge is 2.17. The van der Waals surface area contributed by atoms with Crippen molar-refractivity contribution in [2.75, 3.05) is 6.54 Å². The Kier molecular flexibility index (Phi) is 5.94. The highest BCUT2D eigenvalue weighted by atomic mass is 16.7. The molecule has 70 valence electrons. The molecular formula is C6H13N3O3. The first-order valence-corrected chi connectivity index (χ1v) is 3.56. The fourth-order valence-electron chi connectivity index (χ4n) is 0.755. The van der Waals surface area contributed by atoms with Gasteiger partial charge in [0.1, 0.15) is 6.04 Å². The van der Waals surface area contributed by atoms with Crippen molar-refractivity contribution in [2.45, 2.75) is 18.9 Å². The molecule has 0 aliphatic heterocycles. The molecule has 0 aromatic rings. The molecule has 0 heterocycles. The van der Waals surface area contributed by atoms with E-state index in [1.54, 1.807) is 0 Å². The Hall–Kier alpha value is -1.14. The van der Waals surface area contributed by atoms with Gasteiger partial charge in [-0.1, -0.05) is 0 Å². The van der Waals surface area contributed by atoms with Crippen molar-refractivity contribution in [3.05, 3.63) is 0 Å². The van der Waals surface area contributed by atoms with Crippen LogP contribution < -0.4 is 16.9 Å². The molecule has 12 heavy (non-hydrogen) atoms. The lowest BCUT2D eigenvalue weighted by Gasteiger charge is -2.11. The summed E-state index contributed by atoms with van der Waals surface area (Å²) >= 11 is 0. The molecule has 1 atom stereocenters. The maximum Gasteiger partial charge on any atom is 0.347 e. The second-order valence-electron chi connectivity index (χ2n) is 2.20. The third-order valence-corrected chi connectivity index (χ3v) is 1.37. The molecule has 0 spiro atoms. The summed E-state index contributed by atoms with van der Waals surface area (Å²) in [5.74, 6) is 3.98. The molecule has 0 bridgehead atoms. The van der Waals surface area contributed by atoms with E-state index in [2.05, 4.69) is 16.1 Å². The first kappa shape index (κ1) is 10.9. The van der Waals surface area contributed by atoms with Gasteiger partial charge in [-0.05, 0) is 19.4 Å². The Morgan fingerprint density at radius 1 is 1.67 bits per heavy atom. The largest absolute Gasteiger partial charge is 0.372 e. The Labute approximate surface area is 70.2 Å². The fraction of sp³-hybridized carbons (Fsp3) is 0.667. The van der Waals surface area contributed by atoms with Crippen LogP contribution in [0.2, 0.25) is 0 Å². The number of nitrogens with two attached hydrogens (primary N) is 2. The van der Waals surface area contributed by atoms with E-state index in [0.717, 1.165) is 0 Å². The number of hydrogen-bond donors (Lipinski definition) is 3. The van der Waals surface area contributed by atoms with E-state index >= 15 is 0 Å². The van der Waals surface area contributed by atoms with Crippen LogP contribution >= 0.6 is 0 Å². The highest BCUT2D eigenvalue weighted by molar-refractivity contribution is 5.77. The average Bonchev–Trinajstić information content (AvgIpc) is 2.11. The monoisotopic (exact) mass is 175 g/mol. The molecule has 1 amide bonds. The van der Waals surface area contributed by atoms with Crippen LogP contribution in [-0.2, 0) is 14.4 Å². The topological polar surface area (TPSA) is 107 Å². The maximum atomic E-state index is 10.8. The summed E-state index contributed by atoms with van der Waals surface area (Å²) in [6.45, 7) is 0.453. The van der Waals surface area contributed by atoms with Crippen LogP contribution in [0.25, 0.3) is 0 Å². The van der Waals surface area contributed by atoms with Crippen LogP contribution in [0.15, 0.2) is 0 Å². The summed E-state index contributed by atoms with van der Waals surface area (Å²) < 4.78 is 0. The molecule has 0 aromatic heterocycles. The van der Waals surface area contributed by atoms with E-state index in [-0.39, 0.29) is 0 Å². The van der Waals surface area contributed by atoms with E-state index < -0.39 is 12.0 Å². The molecule has 0 fully saturated rings. The van der Waals surface area contributed by atoms with Gasteiger partial charge in [0, 0.05) is 0 Å². The van der Waals surface area contributed by atoms with Gasteiger partial charge in [-0.15, -0.1) is 0 Å². The molecule has 5 N–H and O–H groups in total. The van der Waals surface area contributed by atoms with Gasteiger partial charge in [0.25, 0.3) is 0 Å². The predicted octanol–water partition coefficient (Wildman–Crippen LogP) is -1.74. The summed E-state index contributed by atoms with van der Waals surface area (Å²) in [5.41, 5.74) is 5.22. The fourth-order valence-corrected chi connectivity index (χ4v) is 0.755. The minimum Gasteiger partial charge on any atom is -0.372 e. The summed E-state index contributed by atoms with van der Waals surface area (Å²) in [5, 5.41) is 2.28. The predicted molar refractivity (Wildman–Crippen MR) is 41.6 cm³/mol. The van der Waals surface area contributed by atoms with Crippen molar-refractivity contribution >= 4 is 12.4 Å². The molecular weight excluding hydrogens is 162 g/mol. The summed E-state index contributed by atoms with van der Waals surface area (Å²) in [7, 11) is 0. The Morgan fingerprint density at radius 2 is 2.33 bits per heavy atom. The smallest absolute Gasteiger partial charge is 0.347 e. The molecule has 0 rings (SSSR count). The number of carbonyl (C=O) groups is 2. The molecule has 0 aliphatic rings. The van der Waals surface area contributed by atoms with Gasteiger partial charge < -0.3 is 15.9 Å². The standard InChI is InChI=1S/C6H13N3O3/c7-3-1-2-5(9-4-10)6(11)12-8/h4-5H,1-3,7-8H2,(H,9,10)/t5-/m1/s1. The van der Waals surface area contributed by atoms with Gasteiger partial charge in [0.2, 0.25) is 6.41 Å². The van der Waals surface area contributed by atoms with E-state index in [4.69, 9.17) is 5.73 Å². The van der Waals surface area contributed by atoms with Gasteiger partial charge in [-0.2, -0.15) is 5.90 Å². The first-order chi connectivity index (χ1) is 5.76. The van der Waals surface area contributed by atoms with E-state index in [9.17, 15) is 9.59 Å². The SMILES string of the molecule is NCCC[C@@H](NC=O)C(=O)ON. The maximum absolute atomic E-state index is 10.8. The van der Waals surface area contributed by atoms with Crippen molar-refractivity contribution in [1.82, 2.24) is 5.32 Å². The van der Waals surface area contributed by atoms with E-state index in [1.807, 2.05) is 0 Å². The third kappa shape index (κ3) is 3.89. The van der Waals surface area contributed by atoms with Gasteiger partial charge in [0.15, 0.2) is 0 Å². The van der Waals surface area contributed by atoms with E-state index in [1.165, 1.54) is 0 Å². The highest BCUT2D eigenvalue weighted by Crippen LogP contribution is 1.96. The molecule has 6 nitrogen and oxygen atoms in total. The van der Waals surface area contributed by atoms with Crippen molar-refractivity contribution in [3.63, 3.8) is 0 Å². The minimum absolute atomic E-state index is 0.429. The van der Waals surface area contributed by atoms with Gasteiger partial charge in [-0.3, -0.25) is 4.79 Å². The summed E-state index contributed by atoms with van der Waals surface area (Å²) in [6, 6.07) is -0.684. The van der Waals surface area contributed by atoms with Crippen LogP contribution in [0, 0.1) is 0 Å². The van der Waals surface area contributed by atoms with Crippen molar-refractivity contribution in [1.29, 1.82) is 0 Å². The van der Waals surface area contributed by atoms with Crippen LogP contribution in [0.3, 0.4) is 0 Å². The molecule has 0 radical (unpaired) electrons. The van der Waals surface area contributed by atoms with E-state index in [0.29, 0.717) is 25.8 Å². The number of amides is 1. The van der Waals surface area contributed by atoms with Gasteiger partial charge in [0.05, 0.1) is 0 Å². The Balaban J connectivity index is 3.84. The zero-order chi connectivity index (χ0) is 9.40. The Morgan fingerprint density at radius 3 is 2.75 bits per heavy atom. The lowest BCUT2D eigenvalue weighted by atomic mass is 10.1. The molecule has 0 unspecified atom stereocenters. The number of rotatable bonds is 6. The lowest BCUT2D eigenvalue weighted by molar-refractivity contribution is -0.147. The van der Waals surface area contributed by atoms with Crippen molar-refractivity contribution in [2.24, 2.45) is 11.6 Å². The zero-order valence-electron chi connectivity index (χ0n) is 6.66. The molecule has 0 aromatic carbocycles. The van der Waals surface area contributed by atoms with Crippen LogP contribution in [-0.4, -0.2) is 25.0 Å². The molecule has 6 heteroatoms. The van der Waals surface area contributed by atoms with Crippen molar-refractivity contribution in [3.8, 4) is 0 Å². The second-order valence-corrected chi connectivity index (χ2v) is 2.20. The van der Waals surface area contributed by atoms with Gasteiger partial charge in [-0.25, -0.2) is 4.79 Å². The molecule has 0 saturated carbocycles. The summed E-state index contributed by atoms with van der Waals surface area (Å²) in [4.78, 5) is 24.8. The summed E-state index contributed by atoms with van der Waals surface area (Å²) in [6.07, 6.45) is 1.49. The third-order valence-electron chi connectivity index (χ3n) is 1.37. The first-order valence-electron chi connectivity index (χ1n) is 3.56. The average molecular weight is 175 g/mol. The van der Waals surface area contributed by atoms with Gasteiger partial charge >= 0.3 is 5.97 Å².